The molecule has 1 aliphatic heterocycles. The quantitative estimate of drug-likeness (QED) is 0.191. The third-order valence-corrected chi connectivity index (χ3v) is 8.76. The lowest BCUT2D eigenvalue weighted by Gasteiger charge is -2.10. The maximum absolute atomic E-state index is 12.8. The maximum atomic E-state index is 12.8. The fourth-order valence-electron chi connectivity index (χ4n) is 3.95. The fraction of sp³-hybridized carbons (Fsp3) is 0.296. The number of unbranched alkanes of at least 4 members (excludes halogenated alkanes) is 1. The Kier molecular flexibility index (Phi) is 8.28. The zero-order chi connectivity index (χ0) is 25.5. The van der Waals surface area contributed by atoms with E-state index in [-0.39, 0.29) is 17.1 Å². The molecule has 1 saturated heterocycles. The van der Waals surface area contributed by atoms with Crippen molar-refractivity contribution in [3.05, 3.63) is 71.9 Å². The molecule has 1 amide bonds. The molecule has 1 unspecified atom stereocenters. The third kappa shape index (κ3) is 6.45. The van der Waals surface area contributed by atoms with Gasteiger partial charge in [0.1, 0.15) is 11.6 Å². The molecule has 0 radical (unpaired) electrons. The third-order valence-electron chi connectivity index (χ3n) is 5.89. The number of carbonyl (C=O) groups is 1. The number of rotatable bonds is 9. The number of aromatic nitrogens is 2. The molecule has 3 aromatic rings. The van der Waals surface area contributed by atoms with Gasteiger partial charge in [0.25, 0.3) is 5.91 Å². The first-order chi connectivity index (χ1) is 17.4. The number of benzene rings is 2. The van der Waals surface area contributed by atoms with E-state index in [1.807, 2.05) is 60.3 Å². The number of amides is 1. The van der Waals surface area contributed by atoms with Crippen LogP contribution < -0.4 is 5.32 Å². The topological polar surface area (TPSA) is 105 Å². The molecular weight excluding hydrogens is 492 g/mol. The van der Waals surface area contributed by atoms with Crippen molar-refractivity contribution in [2.75, 3.05) is 17.3 Å². The second-order valence-corrected chi connectivity index (χ2v) is 12.1. The molecule has 1 fully saturated rings. The average molecular weight is 521 g/mol. The largest absolute Gasteiger partial charge is 0.348 e. The molecule has 0 aliphatic carbocycles. The van der Waals surface area contributed by atoms with E-state index in [2.05, 4.69) is 24.4 Å². The predicted octanol–water partition coefficient (Wildman–Crippen LogP) is 4.64. The summed E-state index contributed by atoms with van der Waals surface area (Å²) in [6.45, 7) is 2.17. The minimum atomic E-state index is -3.15. The van der Waals surface area contributed by atoms with Gasteiger partial charge < -0.3 is 5.32 Å². The Morgan fingerprint density at radius 1 is 1.22 bits per heavy atom. The zero-order valence-corrected chi connectivity index (χ0v) is 21.7. The highest BCUT2D eigenvalue weighted by Gasteiger charge is 2.29. The van der Waals surface area contributed by atoms with Gasteiger partial charge in [-0.15, -0.1) is 11.8 Å². The van der Waals surface area contributed by atoms with Crippen LogP contribution in [0.4, 0.5) is 0 Å². The van der Waals surface area contributed by atoms with E-state index in [0.29, 0.717) is 17.7 Å². The Balaban J connectivity index is 1.65. The summed E-state index contributed by atoms with van der Waals surface area (Å²) in [6, 6.07) is 19.2. The molecule has 1 atom stereocenters. The molecule has 1 aliphatic rings. The van der Waals surface area contributed by atoms with Crippen LogP contribution in [-0.4, -0.2) is 47.4 Å². The lowest BCUT2D eigenvalue weighted by molar-refractivity contribution is -0.117. The van der Waals surface area contributed by atoms with Crippen molar-refractivity contribution >= 4 is 33.6 Å². The number of nitrogens with one attached hydrogen (secondary N) is 1. The van der Waals surface area contributed by atoms with E-state index < -0.39 is 21.8 Å². The fourth-order valence-corrected chi connectivity index (χ4v) is 6.62. The number of carbonyl (C=O) groups excluding carboxylic acids is 1. The van der Waals surface area contributed by atoms with Crippen LogP contribution in [0.25, 0.3) is 23.0 Å². The summed E-state index contributed by atoms with van der Waals surface area (Å²) in [7, 11) is -3.15. The summed E-state index contributed by atoms with van der Waals surface area (Å²) in [5.74, 6) is 0.428. The van der Waals surface area contributed by atoms with Gasteiger partial charge in [-0.1, -0.05) is 43.7 Å². The molecule has 1 N–H and O–H groups in total. The molecule has 9 heteroatoms. The van der Waals surface area contributed by atoms with E-state index in [4.69, 9.17) is 5.10 Å². The Bertz CT molecular complexity index is 1390. The number of thioether (sulfide) groups is 1. The van der Waals surface area contributed by atoms with Gasteiger partial charge in [0.05, 0.1) is 22.9 Å². The standard InChI is InChI=1S/C27H28N4O3S2/c1-2-3-14-35-25-11-9-20(10-12-25)26-22(18-31(30-26)24-7-5-4-6-8-24)16-21(17-28)27(32)29-23-13-15-36(33,34)19-23/h4-12,16,18,23H,2-3,13-15,19H2,1H3,(H,29,32)/b21-16+. The second kappa shape index (κ2) is 11.6. The van der Waals surface area contributed by atoms with Gasteiger partial charge in [-0.05, 0) is 48.9 Å². The summed E-state index contributed by atoms with van der Waals surface area (Å²) < 4.78 is 25.2. The van der Waals surface area contributed by atoms with Crippen molar-refractivity contribution in [3.8, 4) is 23.0 Å². The molecule has 36 heavy (non-hydrogen) atoms. The minimum Gasteiger partial charge on any atom is -0.348 e. The molecule has 0 bridgehead atoms. The van der Waals surface area contributed by atoms with Crippen LogP contribution in [0.3, 0.4) is 0 Å². The number of nitrogens with zero attached hydrogens (tertiary/aromatic N) is 3. The average Bonchev–Trinajstić information content (AvgIpc) is 3.46. The number of hydrogen-bond acceptors (Lipinski definition) is 6. The van der Waals surface area contributed by atoms with E-state index in [0.717, 1.165) is 29.8 Å². The number of hydrogen-bond donors (Lipinski definition) is 1. The normalized spacial score (nSPS) is 17.0. The Labute approximate surface area is 216 Å². The van der Waals surface area contributed by atoms with Gasteiger partial charge in [0, 0.05) is 28.3 Å². The SMILES string of the molecule is CCCCSc1ccc(-c2nn(-c3ccccc3)cc2/C=C(\C#N)C(=O)NC2CCS(=O)(=O)C2)cc1. The monoisotopic (exact) mass is 520 g/mol. The highest BCUT2D eigenvalue weighted by atomic mass is 32.2. The second-order valence-electron chi connectivity index (χ2n) is 8.68. The van der Waals surface area contributed by atoms with Gasteiger partial charge in [-0.25, -0.2) is 13.1 Å². The Morgan fingerprint density at radius 3 is 2.61 bits per heavy atom. The smallest absolute Gasteiger partial charge is 0.262 e. The Morgan fingerprint density at radius 2 is 1.97 bits per heavy atom. The van der Waals surface area contributed by atoms with Crippen molar-refractivity contribution in [1.82, 2.24) is 15.1 Å². The first kappa shape index (κ1) is 25.7. The predicted molar refractivity (Wildman–Crippen MR) is 143 cm³/mol. The number of nitriles is 1. The van der Waals surface area contributed by atoms with E-state index >= 15 is 0 Å². The van der Waals surface area contributed by atoms with Gasteiger partial charge in [0.2, 0.25) is 0 Å². The summed E-state index contributed by atoms with van der Waals surface area (Å²) in [4.78, 5) is 14.0. The molecule has 186 valence electrons. The van der Waals surface area contributed by atoms with Crippen LogP contribution in [0.2, 0.25) is 0 Å². The number of para-hydroxylation sites is 1. The van der Waals surface area contributed by atoms with Gasteiger partial charge in [0.15, 0.2) is 9.84 Å². The summed E-state index contributed by atoms with van der Waals surface area (Å²) in [5.41, 5.74) is 2.89. The van der Waals surface area contributed by atoms with Crippen LogP contribution in [0.15, 0.2) is 71.3 Å². The van der Waals surface area contributed by atoms with Crippen molar-refractivity contribution in [3.63, 3.8) is 0 Å². The lowest BCUT2D eigenvalue weighted by atomic mass is 10.1. The van der Waals surface area contributed by atoms with Crippen LogP contribution in [0, 0.1) is 11.3 Å². The summed E-state index contributed by atoms with van der Waals surface area (Å²) in [5, 5.41) is 17.2. The first-order valence-corrected chi connectivity index (χ1v) is 14.7. The van der Waals surface area contributed by atoms with E-state index in [1.165, 1.54) is 11.0 Å². The van der Waals surface area contributed by atoms with Crippen LogP contribution >= 0.6 is 11.8 Å². The van der Waals surface area contributed by atoms with Crippen LogP contribution in [0.1, 0.15) is 31.7 Å². The summed E-state index contributed by atoms with van der Waals surface area (Å²) >= 11 is 1.81. The van der Waals surface area contributed by atoms with Crippen molar-refractivity contribution in [2.24, 2.45) is 0 Å². The molecule has 4 rings (SSSR count). The van der Waals surface area contributed by atoms with Gasteiger partial charge >= 0.3 is 0 Å². The first-order valence-electron chi connectivity index (χ1n) is 11.9. The molecule has 0 spiro atoms. The molecule has 7 nitrogen and oxygen atoms in total. The summed E-state index contributed by atoms with van der Waals surface area (Å²) in [6.07, 6.45) is 5.98. The number of sulfone groups is 1. The zero-order valence-electron chi connectivity index (χ0n) is 20.1. The van der Waals surface area contributed by atoms with Gasteiger partial charge in [-0.3, -0.25) is 4.79 Å². The molecule has 0 saturated carbocycles. The van der Waals surface area contributed by atoms with Crippen LogP contribution in [0.5, 0.6) is 0 Å². The molecule has 2 aromatic carbocycles. The maximum Gasteiger partial charge on any atom is 0.262 e. The van der Waals surface area contributed by atoms with Gasteiger partial charge in [-0.2, -0.15) is 10.4 Å². The molecule has 1 aromatic heterocycles. The van der Waals surface area contributed by atoms with Crippen molar-refractivity contribution in [1.29, 1.82) is 5.26 Å². The highest BCUT2D eigenvalue weighted by molar-refractivity contribution is 7.99. The lowest BCUT2D eigenvalue weighted by Crippen LogP contribution is -2.36. The minimum absolute atomic E-state index is 0.0459. The highest BCUT2D eigenvalue weighted by Crippen LogP contribution is 2.28. The van der Waals surface area contributed by atoms with E-state index in [9.17, 15) is 18.5 Å². The Hall–Kier alpha value is -3.35. The molecular formula is C27H28N4O3S2. The van der Waals surface area contributed by atoms with Crippen molar-refractivity contribution < 1.29 is 13.2 Å². The molecule has 2 heterocycles. The van der Waals surface area contributed by atoms with Crippen molar-refractivity contribution in [2.45, 2.75) is 37.1 Å². The van der Waals surface area contributed by atoms with Crippen LogP contribution in [-0.2, 0) is 14.6 Å². The van der Waals surface area contributed by atoms with E-state index in [1.54, 1.807) is 10.9 Å².